The zero-order valence-corrected chi connectivity index (χ0v) is 12.4. The molecule has 0 heterocycles. The summed E-state index contributed by atoms with van der Waals surface area (Å²) in [5.74, 6) is 0.985. The molecular formula is C16H27NO2. The fraction of sp³-hybridized carbons (Fsp3) is 0.625. The molecule has 0 radical (unpaired) electrons. The Labute approximate surface area is 117 Å². The molecule has 1 rings (SSSR count). The van der Waals surface area contributed by atoms with Gasteiger partial charge >= 0.3 is 0 Å². The van der Waals surface area contributed by atoms with E-state index in [1.807, 2.05) is 18.2 Å². The molecule has 0 aliphatic carbocycles. The number of aliphatic hydroxyl groups is 1. The summed E-state index contributed by atoms with van der Waals surface area (Å²) in [6, 6.07) is 8.17. The third kappa shape index (κ3) is 5.21. The lowest BCUT2D eigenvalue weighted by atomic mass is 9.97. The number of aryl methyl sites for hydroxylation is 1. The van der Waals surface area contributed by atoms with Crippen LogP contribution >= 0.6 is 0 Å². The molecule has 19 heavy (non-hydrogen) atoms. The van der Waals surface area contributed by atoms with Crippen LogP contribution in [0.4, 0.5) is 0 Å². The molecule has 0 bridgehead atoms. The number of rotatable bonds is 9. The molecule has 0 aliphatic heterocycles. The zero-order chi connectivity index (χ0) is 14.1. The third-order valence-electron chi connectivity index (χ3n) is 3.44. The predicted molar refractivity (Wildman–Crippen MR) is 79.7 cm³/mol. The molecular weight excluding hydrogens is 238 g/mol. The first-order valence-corrected chi connectivity index (χ1v) is 7.21. The molecule has 0 aromatic heterocycles. The Kier molecular flexibility index (Phi) is 6.89. The lowest BCUT2D eigenvalue weighted by Crippen LogP contribution is -2.45. The van der Waals surface area contributed by atoms with Crippen molar-refractivity contribution in [2.75, 3.05) is 19.8 Å². The summed E-state index contributed by atoms with van der Waals surface area (Å²) in [6.07, 6.45) is 2.83. The summed E-state index contributed by atoms with van der Waals surface area (Å²) < 4.78 is 5.84. The van der Waals surface area contributed by atoms with E-state index in [1.165, 1.54) is 5.56 Å². The van der Waals surface area contributed by atoms with Crippen molar-refractivity contribution in [1.29, 1.82) is 0 Å². The van der Waals surface area contributed by atoms with Gasteiger partial charge in [-0.1, -0.05) is 32.0 Å². The van der Waals surface area contributed by atoms with Crippen LogP contribution < -0.4 is 10.1 Å². The van der Waals surface area contributed by atoms with Crippen LogP contribution in [0.2, 0.25) is 0 Å². The van der Waals surface area contributed by atoms with Crippen molar-refractivity contribution in [2.24, 2.45) is 0 Å². The van der Waals surface area contributed by atoms with Crippen molar-refractivity contribution in [1.82, 2.24) is 5.32 Å². The summed E-state index contributed by atoms with van der Waals surface area (Å²) in [4.78, 5) is 0. The van der Waals surface area contributed by atoms with Crippen molar-refractivity contribution in [2.45, 2.75) is 45.6 Å². The third-order valence-corrected chi connectivity index (χ3v) is 3.44. The minimum atomic E-state index is -0.192. The summed E-state index contributed by atoms with van der Waals surface area (Å²) in [7, 11) is 0. The van der Waals surface area contributed by atoms with Crippen LogP contribution in [0.15, 0.2) is 24.3 Å². The normalized spacial score (nSPS) is 14.1. The highest BCUT2D eigenvalue weighted by molar-refractivity contribution is 5.33. The van der Waals surface area contributed by atoms with Crippen LogP contribution in [0, 0.1) is 0 Å². The quantitative estimate of drug-likeness (QED) is 0.675. The van der Waals surface area contributed by atoms with Crippen molar-refractivity contribution >= 4 is 0 Å². The largest absolute Gasteiger partial charge is 0.493 e. The number of likely N-dealkylation sites (N-methyl/N-ethyl adjacent to an activating group) is 1. The highest BCUT2D eigenvalue weighted by atomic mass is 16.5. The molecule has 3 heteroatoms. The number of ether oxygens (including phenoxy) is 1. The first kappa shape index (κ1) is 16.0. The second-order valence-electron chi connectivity index (χ2n) is 5.16. The topological polar surface area (TPSA) is 41.5 Å². The Hall–Kier alpha value is -1.06. The highest BCUT2D eigenvalue weighted by Gasteiger charge is 2.20. The Morgan fingerprint density at radius 3 is 2.63 bits per heavy atom. The molecule has 0 saturated carbocycles. The first-order chi connectivity index (χ1) is 9.15. The Bertz CT molecular complexity index is 368. The summed E-state index contributed by atoms with van der Waals surface area (Å²) in [5, 5.41) is 12.7. The van der Waals surface area contributed by atoms with Crippen molar-refractivity contribution < 1.29 is 9.84 Å². The van der Waals surface area contributed by atoms with E-state index in [0.717, 1.165) is 31.6 Å². The van der Waals surface area contributed by atoms with Gasteiger partial charge < -0.3 is 15.2 Å². The maximum Gasteiger partial charge on any atom is 0.122 e. The van der Waals surface area contributed by atoms with Crippen molar-refractivity contribution in [3.63, 3.8) is 0 Å². The predicted octanol–water partition coefficient (Wildman–Crippen LogP) is 2.77. The number of benzene rings is 1. The Morgan fingerprint density at radius 2 is 2.00 bits per heavy atom. The van der Waals surface area contributed by atoms with Crippen LogP contribution in [0.5, 0.6) is 5.75 Å². The molecule has 108 valence electrons. The summed E-state index contributed by atoms with van der Waals surface area (Å²) >= 11 is 0. The van der Waals surface area contributed by atoms with Gasteiger partial charge in [0.25, 0.3) is 0 Å². The average molecular weight is 265 g/mol. The van der Waals surface area contributed by atoms with Gasteiger partial charge in [-0.15, -0.1) is 0 Å². The average Bonchev–Trinajstić information content (AvgIpc) is 2.44. The highest BCUT2D eigenvalue weighted by Crippen LogP contribution is 2.19. The Balaban J connectivity index is 2.38. The van der Waals surface area contributed by atoms with E-state index in [0.29, 0.717) is 6.61 Å². The summed E-state index contributed by atoms with van der Waals surface area (Å²) in [5.41, 5.74) is 1.06. The zero-order valence-electron chi connectivity index (χ0n) is 12.4. The van der Waals surface area contributed by atoms with E-state index in [-0.39, 0.29) is 12.1 Å². The molecule has 0 spiro atoms. The fourth-order valence-corrected chi connectivity index (χ4v) is 2.23. The molecule has 3 nitrogen and oxygen atoms in total. The molecule has 1 aromatic rings. The number of hydrogen-bond donors (Lipinski definition) is 2. The standard InChI is InChI=1S/C16H27NO2/c1-4-14-9-6-7-10-15(14)19-12-8-11-16(3,13-18)17-5-2/h6-7,9-10,17-18H,4-5,8,11-13H2,1-3H3. The maximum atomic E-state index is 9.41. The molecule has 1 aromatic carbocycles. The van der Waals surface area contributed by atoms with Gasteiger partial charge in [0.1, 0.15) is 5.75 Å². The lowest BCUT2D eigenvalue weighted by Gasteiger charge is -2.28. The monoisotopic (exact) mass is 265 g/mol. The second-order valence-corrected chi connectivity index (χ2v) is 5.16. The molecule has 0 fully saturated rings. The molecule has 2 N–H and O–H groups in total. The minimum absolute atomic E-state index is 0.159. The maximum absolute atomic E-state index is 9.41. The van der Waals surface area contributed by atoms with Gasteiger partial charge in [0.15, 0.2) is 0 Å². The van der Waals surface area contributed by atoms with Gasteiger partial charge in [0.2, 0.25) is 0 Å². The van der Waals surface area contributed by atoms with E-state index in [2.05, 4.69) is 32.2 Å². The van der Waals surface area contributed by atoms with Gasteiger partial charge in [-0.05, 0) is 44.4 Å². The smallest absolute Gasteiger partial charge is 0.122 e. The molecule has 0 aliphatic rings. The van der Waals surface area contributed by atoms with E-state index in [9.17, 15) is 5.11 Å². The lowest BCUT2D eigenvalue weighted by molar-refractivity contribution is 0.158. The van der Waals surface area contributed by atoms with Gasteiger partial charge in [-0.2, -0.15) is 0 Å². The van der Waals surface area contributed by atoms with E-state index in [1.54, 1.807) is 0 Å². The molecule has 0 amide bonds. The van der Waals surface area contributed by atoms with Gasteiger partial charge in [-0.25, -0.2) is 0 Å². The second kappa shape index (κ2) is 8.18. The van der Waals surface area contributed by atoms with E-state index >= 15 is 0 Å². The molecule has 0 saturated heterocycles. The van der Waals surface area contributed by atoms with Crippen molar-refractivity contribution in [3.05, 3.63) is 29.8 Å². The number of hydrogen-bond acceptors (Lipinski definition) is 3. The molecule has 1 unspecified atom stereocenters. The van der Waals surface area contributed by atoms with Crippen LogP contribution in [0.3, 0.4) is 0 Å². The van der Waals surface area contributed by atoms with E-state index < -0.39 is 0 Å². The van der Waals surface area contributed by atoms with Crippen LogP contribution in [0.1, 0.15) is 39.2 Å². The van der Waals surface area contributed by atoms with Gasteiger partial charge in [0.05, 0.1) is 13.2 Å². The number of aliphatic hydroxyl groups excluding tert-OH is 1. The number of para-hydroxylation sites is 1. The SMILES string of the molecule is CCNC(C)(CO)CCCOc1ccccc1CC. The van der Waals surface area contributed by atoms with Crippen LogP contribution in [-0.2, 0) is 6.42 Å². The number of nitrogens with one attached hydrogen (secondary N) is 1. The van der Waals surface area contributed by atoms with E-state index in [4.69, 9.17) is 4.74 Å². The first-order valence-electron chi connectivity index (χ1n) is 7.21. The van der Waals surface area contributed by atoms with Gasteiger partial charge in [-0.3, -0.25) is 0 Å². The summed E-state index contributed by atoms with van der Waals surface area (Å²) in [6.45, 7) is 7.97. The van der Waals surface area contributed by atoms with Crippen LogP contribution in [-0.4, -0.2) is 30.4 Å². The fourth-order valence-electron chi connectivity index (χ4n) is 2.23. The van der Waals surface area contributed by atoms with Gasteiger partial charge in [0, 0.05) is 5.54 Å². The Morgan fingerprint density at radius 1 is 1.26 bits per heavy atom. The molecule has 1 atom stereocenters. The minimum Gasteiger partial charge on any atom is -0.493 e. The van der Waals surface area contributed by atoms with Crippen molar-refractivity contribution in [3.8, 4) is 5.75 Å². The van der Waals surface area contributed by atoms with Crippen LogP contribution in [0.25, 0.3) is 0 Å².